The van der Waals surface area contributed by atoms with Gasteiger partial charge < -0.3 is 10.2 Å². The van der Waals surface area contributed by atoms with Crippen LogP contribution in [0.5, 0.6) is 0 Å². The average Bonchev–Trinajstić information content (AvgIpc) is 2.62. The highest BCUT2D eigenvalue weighted by Gasteiger charge is 2.18. The molecule has 2 heterocycles. The Morgan fingerprint density at radius 3 is 2.88 bits per heavy atom. The maximum atomic E-state index is 12.2. The Morgan fingerprint density at radius 2 is 1.96 bits per heavy atom. The van der Waals surface area contributed by atoms with Gasteiger partial charge >= 0.3 is 0 Å². The molecule has 5 nitrogen and oxygen atoms in total. The monoisotopic (exact) mass is 339 g/mol. The predicted molar refractivity (Wildman–Crippen MR) is 98.1 cm³/mol. The summed E-state index contributed by atoms with van der Waals surface area (Å²) in [6.07, 6.45) is 7.26. The number of benzene rings is 1. The quantitative estimate of drug-likeness (QED) is 0.911. The van der Waals surface area contributed by atoms with Gasteiger partial charge in [-0.25, -0.2) is 0 Å². The standard InChI is InChI=1S/C20H25N3O2/c24-18(15-23-14-4-2-1-3-10-19(23)25)21-13-11-17-8-5-7-16-9-6-12-22-20(16)17/h5-9,12H,1-4,10-11,13-15H2,(H,21,24). The van der Waals surface area contributed by atoms with Crippen LogP contribution in [0.15, 0.2) is 36.5 Å². The highest BCUT2D eigenvalue weighted by atomic mass is 16.2. The molecule has 1 aliphatic heterocycles. The first-order valence-corrected chi connectivity index (χ1v) is 9.11. The van der Waals surface area contributed by atoms with Gasteiger partial charge in [0.25, 0.3) is 0 Å². The van der Waals surface area contributed by atoms with Crippen LogP contribution in [-0.4, -0.2) is 41.3 Å². The van der Waals surface area contributed by atoms with Gasteiger partial charge in [-0.2, -0.15) is 0 Å². The van der Waals surface area contributed by atoms with Crippen molar-refractivity contribution in [2.45, 2.75) is 38.5 Å². The van der Waals surface area contributed by atoms with Crippen LogP contribution in [-0.2, 0) is 16.0 Å². The van der Waals surface area contributed by atoms with Gasteiger partial charge in [-0.3, -0.25) is 14.6 Å². The van der Waals surface area contributed by atoms with Crippen molar-refractivity contribution in [1.82, 2.24) is 15.2 Å². The molecule has 0 radical (unpaired) electrons. The van der Waals surface area contributed by atoms with E-state index in [-0.39, 0.29) is 18.4 Å². The summed E-state index contributed by atoms with van der Waals surface area (Å²) in [7, 11) is 0. The van der Waals surface area contributed by atoms with Gasteiger partial charge in [-0.05, 0) is 30.9 Å². The largest absolute Gasteiger partial charge is 0.354 e. The second kappa shape index (κ2) is 8.60. The first-order valence-electron chi connectivity index (χ1n) is 9.11. The molecule has 1 N–H and O–H groups in total. The number of rotatable bonds is 5. The molecule has 3 rings (SSSR count). The number of pyridine rings is 1. The summed E-state index contributed by atoms with van der Waals surface area (Å²) in [5.41, 5.74) is 2.11. The Labute approximate surface area is 148 Å². The number of nitrogens with one attached hydrogen (secondary N) is 1. The molecule has 1 aliphatic rings. The number of hydrogen-bond donors (Lipinski definition) is 1. The Hall–Kier alpha value is -2.43. The minimum atomic E-state index is -0.0814. The highest BCUT2D eigenvalue weighted by molar-refractivity contribution is 5.85. The molecule has 0 saturated carbocycles. The van der Waals surface area contributed by atoms with Crippen LogP contribution in [0.2, 0.25) is 0 Å². The van der Waals surface area contributed by atoms with Gasteiger partial charge in [0.1, 0.15) is 0 Å². The van der Waals surface area contributed by atoms with Gasteiger partial charge in [0, 0.05) is 31.1 Å². The Balaban J connectivity index is 1.51. The number of fused-ring (bicyclic) bond motifs is 1. The van der Waals surface area contributed by atoms with E-state index in [4.69, 9.17) is 0 Å². The van der Waals surface area contributed by atoms with E-state index in [9.17, 15) is 9.59 Å². The van der Waals surface area contributed by atoms with Crippen molar-refractivity contribution < 1.29 is 9.59 Å². The third-order valence-corrected chi connectivity index (χ3v) is 4.69. The number of hydrogen-bond acceptors (Lipinski definition) is 3. The van der Waals surface area contributed by atoms with E-state index in [2.05, 4.69) is 10.3 Å². The zero-order chi connectivity index (χ0) is 17.5. The number of para-hydroxylation sites is 1. The van der Waals surface area contributed by atoms with Gasteiger partial charge in [-0.15, -0.1) is 0 Å². The molecule has 1 fully saturated rings. The fraction of sp³-hybridized carbons (Fsp3) is 0.450. The number of likely N-dealkylation sites (tertiary alicyclic amines) is 1. The molecule has 5 heteroatoms. The molecule has 0 atom stereocenters. The summed E-state index contributed by atoms with van der Waals surface area (Å²) in [6, 6.07) is 10.1. The van der Waals surface area contributed by atoms with Crippen LogP contribution >= 0.6 is 0 Å². The van der Waals surface area contributed by atoms with Crippen molar-refractivity contribution in [1.29, 1.82) is 0 Å². The lowest BCUT2D eigenvalue weighted by Gasteiger charge is -2.24. The molecule has 1 aromatic heterocycles. The van der Waals surface area contributed by atoms with Crippen molar-refractivity contribution in [2.75, 3.05) is 19.6 Å². The van der Waals surface area contributed by atoms with Crippen molar-refractivity contribution in [3.05, 3.63) is 42.1 Å². The summed E-state index contributed by atoms with van der Waals surface area (Å²) >= 11 is 0. The summed E-state index contributed by atoms with van der Waals surface area (Å²) in [6.45, 7) is 1.42. The van der Waals surface area contributed by atoms with Crippen molar-refractivity contribution >= 4 is 22.7 Å². The van der Waals surface area contributed by atoms with Gasteiger partial charge in [-0.1, -0.05) is 37.1 Å². The summed E-state index contributed by atoms with van der Waals surface area (Å²) in [4.78, 5) is 30.4. The number of carbonyl (C=O) groups is 2. The molecule has 2 amide bonds. The lowest BCUT2D eigenvalue weighted by molar-refractivity contribution is -0.136. The molecule has 132 valence electrons. The van der Waals surface area contributed by atoms with E-state index in [0.29, 0.717) is 19.5 Å². The Bertz CT molecular complexity index is 739. The smallest absolute Gasteiger partial charge is 0.239 e. The van der Waals surface area contributed by atoms with Crippen LogP contribution in [0.1, 0.15) is 37.7 Å². The molecule has 0 bridgehead atoms. The van der Waals surface area contributed by atoms with E-state index in [0.717, 1.165) is 48.6 Å². The van der Waals surface area contributed by atoms with E-state index in [1.807, 2.05) is 30.3 Å². The van der Waals surface area contributed by atoms with Crippen LogP contribution in [0.4, 0.5) is 0 Å². The minimum Gasteiger partial charge on any atom is -0.354 e. The number of nitrogens with zero attached hydrogens (tertiary/aromatic N) is 2. The number of aromatic nitrogens is 1. The lowest BCUT2D eigenvalue weighted by Crippen LogP contribution is -2.42. The van der Waals surface area contributed by atoms with Crippen LogP contribution in [0.3, 0.4) is 0 Å². The molecule has 0 aliphatic carbocycles. The number of amides is 2. The SMILES string of the molecule is O=C(CN1CCCCCCC1=O)NCCc1cccc2cccnc12. The van der Waals surface area contributed by atoms with E-state index in [1.54, 1.807) is 11.1 Å². The predicted octanol–water partition coefficient (Wildman–Crippen LogP) is 2.69. The Morgan fingerprint density at radius 1 is 1.12 bits per heavy atom. The summed E-state index contributed by atoms with van der Waals surface area (Å²) in [5, 5.41) is 4.05. The molecule has 2 aromatic rings. The zero-order valence-electron chi connectivity index (χ0n) is 14.5. The zero-order valence-corrected chi connectivity index (χ0v) is 14.5. The minimum absolute atomic E-state index is 0.0814. The lowest BCUT2D eigenvalue weighted by atomic mass is 10.1. The fourth-order valence-corrected chi connectivity index (χ4v) is 3.32. The van der Waals surface area contributed by atoms with Crippen molar-refractivity contribution in [2.24, 2.45) is 0 Å². The van der Waals surface area contributed by atoms with E-state index >= 15 is 0 Å². The third kappa shape index (κ3) is 4.78. The Kier molecular flexibility index (Phi) is 5.99. The van der Waals surface area contributed by atoms with Crippen LogP contribution in [0, 0.1) is 0 Å². The van der Waals surface area contributed by atoms with Crippen LogP contribution in [0.25, 0.3) is 10.9 Å². The fourth-order valence-electron chi connectivity index (χ4n) is 3.32. The second-order valence-electron chi connectivity index (χ2n) is 6.57. The average molecular weight is 339 g/mol. The summed E-state index contributed by atoms with van der Waals surface area (Å²) < 4.78 is 0. The maximum absolute atomic E-state index is 12.2. The first-order chi connectivity index (χ1) is 12.2. The summed E-state index contributed by atoms with van der Waals surface area (Å²) in [5.74, 6) is 0.0234. The molecule has 0 unspecified atom stereocenters. The first kappa shape index (κ1) is 17.4. The van der Waals surface area contributed by atoms with E-state index in [1.165, 1.54) is 0 Å². The molecule has 1 saturated heterocycles. The normalized spacial score (nSPS) is 15.7. The van der Waals surface area contributed by atoms with Crippen molar-refractivity contribution in [3.8, 4) is 0 Å². The second-order valence-corrected chi connectivity index (χ2v) is 6.57. The van der Waals surface area contributed by atoms with Crippen LogP contribution < -0.4 is 5.32 Å². The maximum Gasteiger partial charge on any atom is 0.239 e. The van der Waals surface area contributed by atoms with Crippen molar-refractivity contribution in [3.63, 3.8) is 0 Å². The van der Waals surface area contributed by atoms with Gasteiger partial charge in [0.05, 0.1) is 12.1 Å². The third-order valence-electron chi connectivity index (χ3n) is 4.69. The van der Waals surface area contributed by atoms with E-state index < -0.39 is 0 Å². The molecular weight excluding hydrogens is 314 g/mol. The highest BCUT2D eigenvalue weighted by Crippen LogP contribution is 2.16. The molecular formula is C20H25N3O2. The van der Waals surface area contributed by atoms with Gasteiger partial charge in [0.15, 0.2) is 0 Å². The van der Waals surface area contributed by atoms with Gasteiger partial charge in [0.2, 0.25) is 11.8 Å². The number of carbonyl (C=O) groups excluding carboxylic acids is 2. The molecule has 0 spiro atoms. The molecule has 25 heavy (non-hydrogen) atoms. The molecule has 1 aromatic carbocycles. The topological polar surface area (TPSA) is 62.3 Å².